The fourth-order valence-corrected chi connectivity index (χ4v) is 6.17. The molecule has 1 N–H and O–H groups in total. The first-order valence-electron chi connectivity index (χ1n) is 15.5. The Labute approximate surface area is 270 Å². The van der Waals surface area contributed by atoms with E-state index in [1.165, 1.54) is 28.9 Å². The number of fused-ring (bicyclic) bond motifs is 2. The van der Waals surface area contributed by atoms with Gasteiger partial charge in [0.05, 0.1) is 18.3 Å². The first kappa shape index (κ1) is 33.6. The SMILES string of the molecule is CC(C)[C@H](NC(=O)OC(C)(C)C)C(=O)OCOc1c2n(ncc1=O)[C@@H](C(c1ccc(F)cc1)c1ccc(F)cc1)[C@H]1CCCN1C2=O. The van der Waals surface area contributed by atoms with Gasteiger partial charge in [0.25, 0.3) is 5.91 Å². The van der Waals surface area contributed by atoms with Gasteiger partial charge in [0.15, 0.2) is 5.69 Å². The fourth-order valence-electron chi connectivity index (χ4n) is 6.17. The maximum atomic E-state index is 14.0. The van der Waals surface area contributed by atoms with Gasteiger partial charge >= 0.3 is 12.1 Å². The summed E-state index contributed by atoms with van der Waals surface area (Å²) < 4.78 is 45.7. The van der Waals surface area contributed by atoms with Crippen molar-refractivity contribution in [2.75, 3.05) is 13.3 Å². The van der Waals surface area contributed by atoms with Gasteiger partial charge in [-0.25, -0.2) is 18.4 Å². The second-order valence-electron chi connectivity index (χ2n) is 13.0. The number of hydrogen-bond donors (Lipinski definition) is 1. The summed E-state index contributed by atoms with van der Waals surface area (Å²) in [6.45, 7) is 8.17. The van der Waals surface area contributed by atoms with Crippen LogP contribution < -0.4 is 15.5 Å². The van der Waals surface area contributed by atoms with Crippen LogP contribution in [-0.2, 0) is 14.3 Å². The molecule has 47 heavy (non-hydrogen) atoms. The van der Waals surface area contributed by atoms with Crippen LogP contribution in [0.1, 0.15) is 81.0 Å². The summed E-state index contributed by atoms with van der Waals surface area (Å²) in [4.78, 5) is 54.0. The monoisotopic (exact) mass is 652 g/mol. The van der Waals surface area contributed by atoms with Crippen LogP contribution in [0.25, 0.3) is 0 Å². The smallest absolute Gasteiger partial charge is 0.408 e. The van der Waals surface area contributed by atoms with Gasteiger partial charge in [-0.05, 0) is 74.9 Å². The number of nitrogens with one attached hydrogen (secondary N) is 1. The molecule has 3 aromatic rings. The number of esters is 1. The molecule has 2 aliphatic rings. The number of hydrogen-bond acceptors (Lipinski definition) is 8. The Balaban J connectivity index is 1.48. The lowest BCUT2D eigenvalue weighted by Crippen LogP contribution is -2.51. The van der Waals surface area contributed by atoms with Crippen LogP contribution >= 0.6 is 0 Å². The third-order valence-electron chi connectivity index (χ3n) is 8.20. The van der Waals surface area contributed by atoms with Crippen molar-refractivity contribution in [3.8, 4) is 5.75 Å². The number of nitrogens with zero attached hydrogens (tertiary/aromatic N) is 3. The highest BCUT2D eigenvalue weighted by atomic mass is 19.1. The molecule has 0 unspecified atom stereocenters. The zero-order valence-corrected chi connectivity index (χ0v) is 26.9. The average Bonchev–Trinajstić information content (AvgIpc) is 3.49. The van der Waals surface area contributed by atoms with Crippen molar-refractivity contribution >= 4 is 18.0 Å². The van der Waals surface area contributed by atoms with Gasteiger partial charge in [0.1, 0.15) is 23.3 Å². The molecule has 3 atom stereocenters. The van der Waals surface area contributed by atoms with E-state index < -0.39 is 65.4 Å². The fraction of sp³-hybridized carbons (Fsp3) is 0.441. The minimum Gasteiger partial charge on any atom is -0.451 e. The van der Waals surface area contributed by atoms with Gasteiger partial charge in [-0.15, -0.1) is 0 Å². The van der Waals surface area contributed by atoms with Gasteiger partial charge in [0.2, 0.25) is 18.0 Å². The molecular weight excluding hydrogens is 614 g/mol. The lowest BCUT2D eigenvalue weighted by atomic mass is 9.80. The number of amides is 2. The van der Waals surface area contributed by atoms with Crippen LogP contribution in [0.5, 0.6) is 5.75 Å². The summed E-state index contributed by atoms with van der Waals surface area (Å²) in [5, 5.41) is 6.89. The highest BCUT2D eigenvalue weighted by molar-refractivity contribution is 5.96. The van der Waals surface area contributed by atoms with Gasteiger partial charge < -0.3 is 24.4 Å². The van der Waals surface area contributed by atoms with E-state index in [0.29, 0.717) is 30.5 Å². The van der Waals surface area contributed by atoms with E-state index in [4.69, 9.17) is 14.2 Å². The Morgan fingerprint density at radius 1 is 1.00 bits per heavy atom. The summed E-state index contributed by atoms with van der Waals surface area (Å²) in [5.41, 5.74) is -0.219. The number of ether oxygens (including phenoxy) is 3. The summed E-state index contributed by atoms with van der Waals surface area (Å²) in [5.74, 6) is -3.42. The topological polar surface area (TPSA) is 129 Å². The second-order valence-corrected chi connectivity index (χ2v) is 13.0. The number of carbonyl (C=O) groups is 3. The maximum absolute atomic E-state index is 14.0. The molecule has 0 spiro atoms. The molecule has 1 saturated heterocycles. The van der Waals surface area contributed by atoms with E-state index in [9.17, 15) is 28.0 Å². The Morgan fingerprint density at radius 3 is 2.15 bits per heavy atom. The summed E-state index contributed by atoms with van der Waals surface area (Å²) in [6.07, 6.45) is 1.56. The van der Waals surface area contributed by atoms with Crippen molar-refractivity contribution in [3.05, 3.63) is 93.4 Å². The highest BCUT2D eigenvalue weighted by Crippen LogP contribution is 2.45. The molecule has 250 valence electrons. The van der Waals surface area contributed by atoms with Crippen molar-refractivity contribution in [2.24, 2.45) is 5.92 Å². The quantitative estimate of drug-likeness (QED) is 0.254. The highest BCUT2D eigenvalue weighted by Gasteiger charge is 2.48. The lowest BCUT2D eigenvalue weighted by Gasteiger charge is -2.42. The molecule has 0 bridgehead atoms. The van der Waals surface area contributed by atoms with Crippen LogP contribution in [0.4, 0.5) is 13.6 Å². The molecule has 1 fully saturated rings. The normalized spacial score (nSPS) is 18.1. The molecule has 2 aliphatic heterocycles. The van der Waals surface area contributed by atoms with E-state index in [1.807, 2.05) is 0 Å². The summed E-state index contributed by atoms with van der Waals surface area (Å²) in [7, 11) is 0. The molecule has 3 heterocycles. The minimum absolute atomic E-state index is 0.127. The Bertz CT molecular complexity index is 1640. The van der Waals surface area contributed by atoms with Gasteiger partial charge in [-0.1, -0.05) is 38.1 Å². The van der Waals surface area contributed by atoms with Crippen molar-refractivity contribution < 1.29 is 37.4 Å². The lowest BCUT2D eigenvalue weighted by molar-refractivity contribution is -0.154. The molecule has 5 rings (SSSR count). The molecule has 11 nitrogen and oxygen atoms in total. The third kappa shape index (κ3) is 7.28. The van der Waals surface area contributed by atoms with Crippen LogP contribution in [0.2, 0.25) is 0 Å². The van der Waals surface area contributed by atoms with E-state index in [1.54, 1.807) is 63.8 Å². The maximum Gasteiger partial charge on any atom is 0.408 e. The van der Waals surface area contributed by atoms with Crippen LogP contribution in [-0.4, -0.2) is 63.7 Å². The molecule has 0 radical (unpaired) electrons. The zero-order chi connectivity index (χ0) is 34.0. The number of alkyl carbamates (subject to hydrolysis) is 1. The van der Waals surface area contributed by atoms with E-state index >= 15 is 0 Å². The molecule has 0 saturated carbocycles. The van der Waals surface area contributed by atoms with E-state index in [-0.39, 0.29) is 23.4 Å². The predicted octanol–water partition coefficient (Wildman–Crippen LogP) is 4.94. The van der Waals surface area contributed by atoms with Crippen LogP contribution in [0, 0.1) is 17.6 Å². The standard InChI is InChI=1S/C34H38F2N4O7/c1-19(2)27(38-33(44)47-34(3,4)5)32(43)46-18-45-30-25(41)17-37-40-28(24-7-6-16-39(24)31(42)29(30)40)26(20-8-12-22(35)13-9-20)21-10-14-23(36)15-11-21/h8-15,17,19,24,26-28H,6-7,16,18H2,1-5H3,(H,38,44)/t24-,27+,28-/m1/s1. The van der Waals surface area contributed by atoms with Crippen molar-refractivity contribution in [1.29, 1.82) is 0 Å². The Morgan fingerprint density at radius 2 is 1.60 bits per heavy atom. The average molecular weight is 653 g/mol. The molecule has 1 aromatic heterocycles. The molecule has 13 heteroatoms. The first-order valence-corrected chi connectivity index (χ1v) is 15.5. The molecule has 0 aliphatic carbocycles. The van der Waals surface area contributed by atoms with Crippen molar-refractivity contribution in [1.82, 2.24) is 20.0 Å². The number of carbonyl (C=O) groups excluding carboxylic acids is 3. The molecule has 2 amide bonds. The van der Waals surface area contributed by atoms with Crippen LogP contribution in [0.3, 0.4) is 0 Å². The number of halogens is 2. The van der Waals surface area contributed by atoms with Crippen molar-refractivity contribution in [3.63, 3.8) is 0 Å². The van der Waals surface area contributed by atoms with E-state index in [0.717, 1.165) is 6.20 Å². The molecule has 2 aromatic carbocycles. The Kier molecular flexibility index (Phi) is 9.64. The van der Waals surface area contributed by atoms with Gasteiger partial charge in [-0.3, -0.25) is 14.3 Å². The van der Waals surface area contributed by atoms with Crippen molar-refractivity contribution in [2.45, 2.75) is 77.1 Å². The second kappa shape index (κ2) is 13.5. The molecular formula is C34H38F2N4O7. The third-order valence-corrected chi connectivity index (χ3v) is 8.20. The first-order chi connectivity index (χ1) is 22.2. The number of rotatable bonds is 9. The van der Waals surface area contributed by atoms with E-state index in [2.05, 4.69) is 10.4 Å². The largest absolute Gasteiger partial charge is 0.451 e. The van der Waals surface area contributed by atoms with Crippen LogP contribution in [0.15, 0.2) is 59.5 Å². The number of aromatic nitrogens is 2. The predicted molar refractivity (Wildman–Crippen MR) is 166 cm³/mol. The Hall–Kier alpha value is -4.81. The number of benzene rings is 2. The van der Waals surface area contributed by atoms with Gasteiger partial charge in [-0.2, -0.15) is 5.10 Å². The summed E-state index contributed by atoms with van der Waals surface area (Å²) >= 11 is 0. The minimum atomic E-state index is -1.08. The zero-order valence-electron chi connectivity index (χ0n) is 26.9. The van der Waals surface area contributed by atoms with Gasteiger partial charge in [0, 0.05) is 12.5 Å². The summed E-state index contributed by atoms with van der Waals surface area (Å²) in [6, 6.07) is 9.84.